The molecule has 7 nitrogen and oxygen atoms in total. The second kappa shape index (κ2) is 8.79. The van der Waals surface area contributed by atoms with E-state index in [1.54, 1.807) is 18.3 Å². The molecule has 0 unspecified atom stereocenters. The van der Waals surface area contributed by atoms with Gasteiger partial charge in [-0.3, -0.25) is 9.59 Å². The van der Waals surface area contributed by atoms with E-state index in [0.717, 1.165) is 5.69 Å². The molecule has 0 aliphatic heterocycles. The van der Waals surface area contributed by atoms with Gasteiger partial charge in [0, 0.05) is 5.69 Å². The van der Waals surface area contributed by atoms with E-state index in [0.29, 0.717) is 11.5 Å². The van der Waals surface area contributed by atoms with E-state index in [1.165, 1.54) is 0 Å². The van der Waals surface area contributed by atoms with E-state index in [2.05, 4.69) is 20.9 Å². The number of hydrogen-bond donors (Lipinski definition) is 4. The lowest BCUT2D eigenvalue weighted by molar-refractivity contribution is -0.125. The van der Waals surface area contributed by atoms with Crippen LogP contribution in [0.4, 0.5) is 17.2 Å². The van der Waals surface area contributed by atoms with Crippen LogP contribution in [0.5, 0.6) is 0 Å². The molecule has 0 saturated heterocycles. The highest BCUT2D eigenvalue weighted by Crippen LogP contribution is 2.15. The van der Waals surface area contributed by atoms with E-state index in [9.17, 15) is 9.59 Å². The first kappa shape index (κ1) is 18.4. The number of nitrogens with zero attached hydrogens (tertiary/aromatic N) is 1. The summed E-state index contributed by atoms with van der Waals surface area (Å²) in [6.07, 6.45) is 1.55. The van der Waals surface area contributed by atoms with Crippen LogP contribution >= 0.6 is 0 Å². The summed E-state index contributed by atoms with van der Waals surface area (Å²) in [4.78, 5) is 27.8. The first-order chi connectivity index (χ1) is 12.0. The molecule has 7 heteroatoms. The Morgan fingerprint density at radius 2 is 1.80 bits per heavy atom. The quantitative estimate of drug-likeness (QED) is 0.615. The van der Waals surface area contributed by atoms with Gasteiger partial charge in [0.1, 0.15) is 5.82 Å². The van der Waals surface area contributed by atoms with E-state index < -0.39 is 6.04 Å². The van der Waals surface area contributed by atoms with Gasteiger partial charge in [0.15, 0.2) is 0 Å². The fourth-order valence-corrected chi connectivity index (χ4v) is 2.00. The number of carbonyl (C=O) groups excluding carboxylic acids is 2. The molecular weight excluding hydrogens is 318 g/mol. The van der Waals surface area contributed by atoms with Crippen molar-refractivity contribution in [3.8, 4) is 0 Å². The minimum Gasteiger partial charge on any atom is -0.346 e. The van der Waals surface area contributed by atoms with Gasteiger partial charge in [0.2, 0.25) is 11.8 Å². The van der Waals surface area contributed by atoms with E-state index >= 15 is 0 Å². The Hall–Kier alpha value is -2.93. The van der Waals surface area contributed by atoms with Crippen LogP contribution in [0.3, 0.4) is 0 Å². The number of rotatable bonds is 7. The average Bonchev–Trinajstić information content (AvgIpc) is 2.61. The molecule has 2 amide bonds. The normalized spacial score (nSPS) is 11.7. The first-order valence-electron chi connectivity index (χ1n) is 8.07. The van der Waals surface area contributed by atoms with Crippen LogP contribution in [0.25, 0.3) is 0 Å². The Morgan fingerprint density at radius 3 is 2.40 bits per heavy atom. The van der Waals surface area contributed by atoms with E-state index in [-0.39, 0.29) is 24.3 Å². The van der Waals surface area contributed by atoms with Crippen LogP contribution in [0, 0.1) is 5.92 Å². The lowest BCUT2D eigenvalue weighted by Crippen LogP contribution is -2.46. The molecule has 0 bridgehead atoms. The molecule has 1 heterocycles. The number of amides is 2. The van der Waals surface area contributed by atoms with Crippen LogP contribution in [0.15, 0.2) is 48.7 Å². The van der Waals surface area contributed by atoms with Gasteiger partial charge in [-0.15, -0.1) is 0 Å². The number of hydrogen-bond acceptors (Lipinski definition) is 5. The number of para-hydroxylation sites is 1. The minimum atomic E-state index is -0.627. The fourth-order valence-electron chi connectivity index (χ4n) is 2.00. The molecular formula is C18H23N5O2. The maximum Gasteiger partial charge on any atom is 0.243 e. The molecule has 0 radical (unpaired) electrons. The lowest BCUT2D eigenvalue weighted by atomic mass is 10.1. The SMILES string of the molecule is CC(C)[C@H](N)C(=O)NCC(=O)Nc1ccc(Nc2ccccc2)nc1. The zero-order valence-corrected chi connectivity index (χ0v) is 14.3. The maximum absolute atomic E-state index is 11.9. The molecule has 2 aromatic rings. The highest BCUT2D eigenvalue weighted by atomic mass is 16.2. The predicted octanol–water partition coefficient (Wildman–Crippen LogP) is 1.86. The second-order valence-corrected chi connectivity index (χ2v) is 5.96. The van der Waals surface area contributed by atoms with Gasteiger partial charge in [0.05, 0.1) is 24.5 Å². The summed E-state index contributed by atoms with van der Waals surface area (Å²) in [7, 11) is 0. The zero-order valence-electron chi connectivity index (χ0n) is 14.3. The average molecular weight is 341 g/mol. The van der Waals surface area contributed by atoms with Gasteiger partial charge >= 0.3 is 0 Å². The third kappa shape index (κ3) is 5.89. The number of nitrogens with two attached hydrogens (primary N) is 1. The zero-order chi connectivity index (χ0) is 18.2. The molecule has 1 atom stereocenters. The monoisotopic (exact) mass is 341 g/mol. The number of anilines is 3. The Balaban J connectivity index is 1.82. The van der Waals surface area contributed by atoms with Crippen molar-refractivity contribution in [3.63, 3.8) is 0 Å². The van der Waals surface area contributed by atoms with Crippen LogP contribution in [-0.2, 0) is 9.59 Å². The van der Waals surface area contributed by atoms with Crippen LogP contribution in [0.2, 0.25) is 0 Å². The number of nitrogens with one attached hydrogen (secondary N) is 3. The van der Waals surface area contributed by atoms with Crippen LogP contribution < -0.4 is 21.7 Å². The van der Waals surface area contributed by atoms with Crippen molar-refractivity contribution < 1.29 is 9.59 Å². The van der Waals surface area contributed by atoms with Crippen molar-refractivity contribution in [2.45, 2.75) is 19.9 Å². The maximum atomic E-state index is 11.9. The minimum absolute atomic E-state index is 0.0110. The third-order valence-corrected chi connectivity index (χ3v) is 3.54. The summed E-state index contributed by atoms with van der Waals surface area (Å²) < 4.78 is 0. The summed E-state index contributed by atoms with van der Waals surface area (Å²) in [5, 5.41) is 8.34. The summed E-state index contributed by atoms with van der Waals surface area (Å²) in [5.41, 5.74) is 7.19. The molecule has 25 heavy (non-hydrogen) atoms. The highest BCUT2D eigenvalue weighted by Gasteiger charge is 2.17. The number of carbonyl (C=O) groups is 2. The number of aromatic nitrogens is 1. The van der Waals surface area contributed by atoms with Crippen LogP contribution in [-0.4, -0.2) is 29.4 Å². The molecule has 5 N–H and O–H groups in total. The molecule has 0 aliphatic rings. The molecule has 0 aliphatic carbocycles. The van der Waals surface area contributed by atoms with Crippen molar-refractivity contribution >= 4 is 29.0 Å². The largest absolute Gasteiger partial charge is 0.346 e. The van der Waals surface area contributed by atoms with Crippen molar-refractivity contribution in [1.82, 2.24) is 10.3 Å². The molecule has 2 rings (SSSR count). The molecule has 1 aromatic carbocycles. The first-order valence-corrected chi connectivity index (χ1v) is 8.07. The molecule has 0 spiro atoms. The Bertz CT molecular complexity index is 701. The molecule has 132 valence electrons. The van der Waals surface area contributed by atoms with E-state index in [1.807, 2.05) is 44.2 Å². The van der Waals surface area contributed by atoms with Crippen molar-refractivity contribution in [2.75, 3.05) is 17.2 Å². The van der Waals surface area contributed by atoms with E-state index in [4.69, 9.17) is 5.73 Å². The van der Waals surface area contributed by atoms with Gasteiger partial charge in [-0.1, -0.05) is 32.0 Å². The Labute approximate surface area is 147 Å². The number of benzene rings is 1. The van der Waals surface area contributed by atoms with Gasteiger partial charge in [-0.05, 0) is 30.2 Å². The third-order valence-electron chi connectivity index (χ3n) is 3.54. The Kier molecular flexibility index (Phi) is 6.47. The highest BCUT2D eigenvalue weighted by molar-refractivity contribution is 5.95. The molecule has 1 aromatic heterocycles. The molecule has 0 fully saturated rings. The summed E-state index contributed by atoms with van der Waals surface area (Å²) in [6, 6.07) is 12.5. The topological polar surface area (TPSA) is 109 Å². The van der Waals surface area contributed by atoms with Crippen molar-refractivity contribution in [1.29, 1.82) is 0 Å². The predicted molar refractivity (Wildman–Crippen MR) is 98.4 cm³/mol. The van der Waals surface area contributed by atoms with Gasteiger partial charge < -0.3 is 21.7 Å². The van der Waals surface area contributed by atoms with Gasteiger partial charge in [-0.2, -0.15) is 0 Å². The Morgan fingerprint density at radius 1 is 1.08 bits per heavy atom. The van der Waals surface area contributed by atoms with Crippen molar-refractivity contribution in [2.24, 2.45) is 11.7 Å². The number of pyridine rings is 1. The summed E-state index contributed by atoms with van der Waals surface area (Å²) in [6.45, 7) is 3.56. The standard InChI is InChI=1S/C18H23N5O2/c1-12(2)17(19)18(25)21-11-16(24)23-14-8-9-15(20-10-14)22-13-6-4-3-5-7-13/h3-10,12,17H,11,19H2,1-2H3,(H,20,22)(H,21,25)(H,23,24)/t17-/m0/s1. The molecule has 0 saturated carbocycles. The van der Waals surface area contributed by atoms with Gasteiger partial charge in [-0.25, -0.2) is 4.98 Å². The van der Waals surface area contributed by atoms with Gasteiger partial charge in [0.25, 0.3) is 0 Å². The second-order valence-electron chi connectivity index (χ2n) is 5.96. The fraction of sp³-hybridized carbons (Fsp3) is 0.278. The summed E-state index contributed by atoms with van der Waals surface area (Å²) in [5.74, 6) is -0.00196. The smallest absolute Gasteiger partial charge is 0.243 e. The van der Waals surface area contributed by atoms with Crippen molar-refractivity contribution in [3.05, 3.63) is 48.7 Å². The van der Waals surface area contributed by atoms with Crippen LogP contribution in [0.1, 0.15) is 13.8 Å². The lowest BCUT2D eigenvalue weighted by Gasteiger charge is -2.15. The summed E-state index contributed by atoms with van der Waals surface area (Å²) >= 11 is 0.